The average molecular weight is 640 g/mol. The van der Waals surface area contributed by atoms with Crippen LogP contribution in [-0.2, 0) is 24.9 Å². The Morgan fingerprint density at radius 1 is 1.13 bits per heavy atom. The highest BCUT2D eigenvalue weighted by molar-refractivity contribution is 6.30. The summed E-state index contributed by atoms with van der Waals surface area (Å²) in [6.07, 6.45) is 6.18. The van der Waals surface area contributed by atoms with Gasteiger partial charge in [-0.3, -0.25) is 9.69 Å². The quantitative estimate of drug-likeness (QED) is 0.283. The highest BCUT2D eigenvalue weighted by Crippen LogP contribution is 2.26. The number of carbonyl (C=O) groups excluding carboxylic acids is 2. The largest absolute Gasteiger partial charge is 0.350 e. The van der Waals surface area contributed by atoms with Crippen LogP contribution >= 0.6 is 11.6 Å². The second-order valence-corrected chi connectivity index (χ2v) is 11.6. The fourth-order valence-corrected chi connectivity index (χ4v) is 5.90. The van der Waals surface area contributed by atoms with Crippen LogP contribution in [0.15, 0.2) is 67.6 Å². The normalized spacial score (nSPS) is 16.8. The number of rotatable bonds is 10. The van der Waals surface area contributed by atoms with Crippen molar-refractivity contribution in [3.8, 4) is 0 Å². The molecule has 0 aliphatic carbocycles. The zero-order valence-electron chi connectivity index (χ0n) is 25.4. The molecule has 1 saturated heterocycles. The molecule has 0 spiro atoms. The third-order valence-corrected chi connectivity index (χ3v) is 8.34. The lowest BCUT2D eigenvalue weighted by molar-refractivity contribution is -0.129. The van der Waals surface area contributed by atoms with Gasteiger partial charge in [0.2, 0.25) is 5.91 Å². The lowest BCUT2D eigenvalue weighted by Gasteiger charge is -2.42. The molecule has 5 rings (SSSR count). The molecule has 0 bridgehead atoms. The van der Waals surface area contributed by atoms with Crippen LogP contribution < -0.4 is 5.32 Å². The van der Waals surface area contributed by atoms with Crippen molar-refractivity contribution in [1.29, 1.82) is 0 Å². The van der Waals surface area contributed by atoms with Gasteiger partial charge in [0.05, 0.1) is 18.1 Å². The van der Waals surface area contributed by atoms with Crippen LogP contribution in [0.1, 0.15) is 36.7 Å². The number of amides is 3. The van der Waals surface area contributed by atoms with E-state index in [0.29, 0.717) is 37.7 Å². The van der Waals surface area contributed by atoms with E-state index in [1.165, 1.54) is 29.5 Å². The minimum Gasteiger partial charge on any atom is -0.350 e. The molecule has 0 saturated carbocycles. The molecule has 1 N–H and O–H groups in total. The van der Waals surface area contributed by atoms with E-state index < -0.39 is 29.8 Å². The van der Waals surface area contributed by atoms with Crippen molar-refractivity contribution < 1.29 is 18.4 Å². The van der Waals surface area contributed by atoms with Gasteiger partial charge in [0.15, 0.2) is 0 Å². The van der Waals surface area contributed by atoms with Gasteiger partial charge in [-0.15, -0.1) is 0 Å². The minimum atomic E-state index is -0.808. The van der Waals surface area contributed by atoms with E-state index in [0.717, 1.165) is 17.3 Å². The molecule has 2 aromatic carbocycles. The summed E-state index contributed by atoms with van der Waals surface area (Å²) in [4.78, 5) is 41.5. The first-order valence-corrected chi connectivity index (χ1v) is 15.1. The van der Waals surface area contributed by atoms with Crippen molar-refractivity contribution in [2.24, 2.45) is 7.05 Å². The van der Waals surface area contributed by atoms with Crippen molar-refractivity contribution >= 4 is 23.5 Å². The van der Waals surface area contributed by atoms with Gasteiger partial charge in [-0.25, -0.2) is 28.2 Å². The second-order valence-electron chi connectivity index (χ2n) is 11.1. The zero-order chi connectivity index (χ0) is 32.1. The van der Waals surface area contributed by atoms with Gasteiger partial charge in [-0.1, -0.05) is 29.8 Å². The van der Waals surface area contributed by atoms with E-state index >= 15 is 0 Å². The maximum absolute atomic E-state index is 15.0. The smallest absolute Gasteiger partial charge is 0.320 e. The molecule has 3 heterocycles. The summed E-state index contributed by atoms with van der Waals surface area (Å²) >= 11 is 6.17. The molecule has 238 valence electrons. The van der Waals surface area contributed by atoms with Crippen LogP contribution in [0.25, 0.3) is 0 Å². The molecule has 3 atom stereocenters. The standard InChI is InChI=1S/C31H36ClF2N9O2/c1-4-40(15-22-6-5-7-23(32)12-22)31(45)42-11-10-41(16-25-14-35-19-39(25)3)28(17-42)30(44)38-21(2)29(43-20-36-18-37-43)26-9-8-24(33)13-27(26)34/h5-9,12-14,18-21,28-29H,4,10-11,15-17H2,1-3H3,(H,38,44). The number of aryl methyl sites for hydroxylation is 1. The van der Waals surface area contributed by atoms with Crippen LogP contribution in [0.2, 0.25) is 5.02 Å². The predicted molar refractivity (Wildman–Crippen MR) is 164 cm³/mol. The number of halogens is 3. The molecule has 3 amide bonds. The molecule has 14 heteroatoms. The first-order chi connectivity index (χ1) is 21.6. The van der Waals surface area contributed by atoms with E-state index in [4.69, 9.17) is 11.6 Å². The third-order valence-electron chi connectivity index (χ3n) is 8.11. The summed E-state index contributed by atoms with van der Waals surface area (Å²) in [7, 11) is 1.88. The Morgan fingerprint density at radius 3 is 2.62 bits per heavy atom. The Hall–Kier alpha value is -4.36. The fraction of sp³-hybridized carbons (Fsp3) is 0.387. The van der Waals surface area contributed by atoms with Gasteiger partial charge in [-0.05, 0) is 37.6 Å². The van der Waals surface area contributed by atoms with Crippen molar-refractivity contribution in [2.75, 3.05) is 26.2 Å². The summed E-state index contributed by atoms with van der Waals surface area (Å²) in [6.45, 7) is 5.92. The number of nitrogens with zero attached hydrogens (tertiary/aromatic N) is 8. The SMILES string of the molecule is CCN(Cc1cccc(Cl)c1)C(=O)N1CCN(Cc2cncn2C)C(C(=O)NC(C)C(c2ccc(F)cc2F)n2cncn2)C1. The summed E-state index contributed by atoms with van der Waals surface area (Å²) < 4.78 is 32.1. The first kappa shape index (κ1) is 32.0. The number of hydrogen-bond donors (Lipinski definition) is 1. The Balaban J connectivity index is 1.38. The van der Waals surface area contributed by atoms with Crippen molar-refractivity contribution in [3.63, 3.8) is 0 Å². The number of urea groups is 1. The fourth-order valence-electron chi connectivity index (χ4n) is 5.69. The lowest BCUT2D eigenvalue weighted by Crippen LogP contribution is -2.62. The molecule has 1 aliphatic rings. The molecule has 45 heavy (non-hydrogen) atoms. The average Bonchev–Trinajstić information content (AvgIpc) is 3.69. The first-order valence-electron chi connectivity index (χ1n) is 14.7. The van der Waals surface area contributed by atoms with E-state index in [-0.39, 0.29) is 24.0 Å². The maximum Gasteiger partial charge on any atom is 0.320 e. The van der Waals surface area contributed by atoms with E-state index in [1.807, 2.05) is 41.6 Å². The molecule has 1 fully saturated rings. The number of aromatic nitrogens is 5. The monoisotopic (exact) mass is 639 g/mol. The Kier molecular flexibility index (Phi) is 10.1. The molecule has 11 nitrogen and oxygen atoms in total. The zero-order valence-corrected chi connectivity index (χ0v) is 26.1. The van der Waals surface area contributed by atoms with Crippen LogP contribution in [0.5, 0.6) is 0 Å². The Labute approximate surface area is 265 Å². The molecule has 3 unspecified atom stereocenters. The Bertz CT molecular complexity index is 1620. The van der Waals surface area contributed by atoms with Gasteiger partial charge >= 0.3 is 6.03 Å². The lowest BCUT2D eigenvalue weighted by atomic mass is 9.99. The molecule has 2 aromatic heterocycles. The van der Waals surface area contributed by atoms with Gasteiger partial charge in [0.25, 0.3) is 0 Å². The van der Waals surface area contributed by atoms with E-state index in [9.17, 15) is 18.4 Å². The van der Waals surface area contributed by atoms with Crippen LogP contribution in [0.3, 0.4) is 0 Å². The highest BCUT2D eigenvalue weighted by atomic mass is 35.5. The van der Waals surface area contributed by atoms with Crippen molar-refractivity contribution in [1.82, 2.24) is 44.3 Å². The molecular weight excluding hydrogens is 604 g/mol. The van der Waals surface area contributed by atoms with E-state index in [2.05, 4.69) is 20.4 Å². The number of benzene rings is 2. The number of carbonyl (C=O) groups is 2. The highest BCUT2D eigenvalue weighted by Gasteiger charge is 2.37. The van der Waals surface area contributed by atoms with E-state index in [1.54, 1.807) is 35.3 Å². The summed E-state index contributed by atoms with van der Waals surface area (Å²) in [6, 6.07) is 8.29. The topological polar surface area (TPSA) is 104 Å². The summed E-state index contributed by atoms with van der Waals surface area (Å²) in [5.74, 6) is -1.81. The number of nitrogens with one attached hydrogen (secondary N) is 1. The second kappa shape index (κ2) is 14.2. The van der Waals surface area contributed by atoms with Gasteiger partial charge in [-0.2, -0.15) is 5.10 Å². The number of imidazole rings is 1. The van der Waals surface area contributed by atoms with Gasteiger partial charge in [0, 0.05) is 69.2 Å². The molecular formula is C31H36ClF2N9O2. The van der Waals surface area contributed by atoms with Crippen LogP contribution in [0.4, 0.5) is 13.6 Å². The maximum atomic E-state index is 15.0. The van der Waals surface area contributed by atoms with Crippen LogP contribution in [0, 0.1) is 11.6 Å². The minimum absolute atomic E-state index is 0.139. The molecule has 0 radical (unpaired) electrons. The number of hydrogen-bond acceptors (Lipinski definition) is 6. The molecule has 4 aromatic rings. The van der Waals surface area contributed by atoms with Gasteiger partial charge < -0.3 is 19.7 Å². The van der Waals surface area contributed by atoms with Crippen molar-refractivity contribution in [2.45, 2.75) is 45.1 Å². The predicted octanol–water partition coefficient (Wildman–Crippen LogP) is 3.87. The third kappa shape index (κ3) is 7.48. The van der Waals surface area contributed by atoms with Crippen LogP contribution in [-0.4, -0.2) is 89.2 Å². The van der Waals surface area contributed by atoms with Gasteiger partial charge in [0.1, 0.15) is 36.4 Å². The summed E-state index contributed by atoms with van der Waals surface area (Å²) in [5.41, 5.74) is 1.97. The van der Waals surface area contributed by atoms with Crippen molar-refractivity contribution in [3.05, 3.63) is 101 Å². The molecule has 1 aliphatic heterocycles. The summed E-state index contributed by atoms with van der Waals surface area (Å²) in [5, 5.41) is 7.81. The number of piperazine rings is 1. The Morgan fingerprint density at radius 2 is 1.96 bits per heavy atom.